The molecule has 0 unspecified atom stereocenters. The first-order valence-corrected chi connectivity index (χ1v) is 17.4. The standard InChI is InChI=1S/C33H43F3N6O3S/c1-37-17-4-3-5-18-39-32(43)23-41-20-15-26(16-21-41)40-30-9-6-10-31-29(30)22-27(42(31)24-33(34,35)36)8-7-19-38-25-11-13-28(14-12-25)46(2,44)45/h6,9-14,22,26,37-38,40H,3-5,15-21,23-24H2,1-2H3,(H,39,43). The minimum Gasteiger partial charge on any atom is -0.382 e. The molecule has 1 amide bonds. The first-order chi connectivity index (χ1) is 21.9. The highest BCUT2D eigenvalue weighted by Gasteiger charge is 2.30. The number of nitrogens with zero attached hydrogens (tertiary/aromatic N) is 2. The summed E-state index contributed by atoms with van der Waals surface area (Å²) in [7, 11) is -1.38. The summed E-state index contributed by atoms with van der Waals surface area (Å²) in [5.41, 5.74) is 2.08. The second kappa shape index (κ2) is 16.2. The van der Waals surface area contributed by atoms with Crippen LogP contribution in [0.4, 0.5) is 24.5 Å². The fourth-order valence-electron chi connectivity index (χ4n) is 5.51. The molecule has 3 aromatic rings. The summed E-state index contributed by atoms with van der Waals surface area (Å²) >= 11 is 0. The van der Waals surface area contributed by atoms with E-state index in [0.717, 1.165) is 63.7 Å². The van der Waals surface area contributed by atoms with E-state index in [-0.39, 0.29) is 29.1 Å². The molecule has 4 rings (SSSR count). The van der Waals surface area contributed by atoms with Crippen LogP contribution < -0.4 is 21.3 Å². The fraction of sp³-hybridized carbons (Fsp3) is 0.485. The van der Waals surface area contributed by atoms with E-state index in [9.17, 15) is 26.4 Å². The Morgan fingerprint density at radius 1 is 1.02 bits per heavy atom. The molecule has 1 fully saturated rings. The quantitative estimate of drug-likeness (QED) is 0.150. The molecule has 1 aliphatic heterocycles. The van der Waals surface area contributed by atoms with Crippen molar-refractivity contribution in [3.63, 3.8) is 0 Å². The number of amides is 1. The molecule has 46 heavy (non-hydrogen) atoms. The minimum atomic E-state index is -4.43. The monoisotopic (exact) mass is 660 g/mol. The number of benzene rings is 2. The zero-order chi connectivity index (χ0) is 33.2. The molecule has 250 valence electrons. The highest BCUT2D eigenvalue weighted by Crippen LogP contribution is 2.31. The van der Waals surface area contributed by atoms with Gasteiger partial charge in [0.25, 0.3) is 0 Å². The zero-order valence-corrected chi connectivity index (χ0v) is 27.2. The van der Waals surface area contributed by atoms with Crippen molar-refractivity contribution in [1.82, 2.24) is 20.1 Å². The normalized spacial score (nSPS) is 14.5. The summed E-state index contributed by atoms with van der Waals surface area (Å²) in [5.74, 6) is 5.82. The first kappa shape index (κ1) is 35.1. The van der Waals surface area contributed by atoms with Crippen LogP contribution in [0.2, 0.25) is 0 Å². The Hall–Kier alpha value is -3.73. The maximum atomic E-state index is 13.6. The highest BCUT2D eigenvalue weighted by molar-refractivity contribution is 7.90. The molecule has 4 N–H and O–H groups in total. The number of anilines is 2. The number of nitrogens with one attached hydrogen (secondary N) is 4. The number of hydrogen-bond donors (Lipinski definition) is 4. The Balaban J connectivity index is 1.37. The smallest absolute Gasteiger partial charge is 0.382 e. The van der Waals surface area contributed by atoms with Gasteiger partial charge in [-0.2, -0.15) is 13.2 Å². The molecule has 1 aliphatic rings. The van der Waals surface area contributed by atoms with Crippen molar-refractivity contribution in [2.45, 2.75) is 55.8 Å². The second-order valence-electron chi connectivity index (χ2n) is 11.6. The average molecular weight is 661 g/mol. The van der Waals surface area contributed by atoms with Crippen LogP contribution in [0.3, 0.4) is 0 Å². The van der Waals surface area contributed by atoms with Gasteiger partial charge in [-0.3, -0.25) is 9.69 Å². The van der Waals surface area contributed by atoms with Gasteiger partial charge in [0, 0.05) is 48.7 Å². The molecule has 2 aromatic carbocycles. The summed E-state index contributed by atoms with van der Waals surface area (Å²) in [6, 6.07) is 13.3. The molecule has 9 nitrogen and oxygen atoms in total. The van der Waals surface area contributed by atoms with Gasteiger partial charge in [0.15, 0.2) is 9.84 Å². The number of sulfone groups is 1. The van der Waals surface area contributed by atoms with Gasteiger partial charge in [0.2, 0.25) is 5.91 Å². The van der Waals surface area contributed by atoms with E-state index >= 15 is 0 Å². The van der Waals surface area contributed by atoms with Crippen LogP contribution in [-0.2, 0) is 21.2 Å². The lowest BCUT2D eigenvalue weighted by Gasteiger charge is -2.32. The van der Waals surface area contributed by atoms with E-state index in [2.05, 4.69) is 38.0 Å². The topological polar surface area (TPSA) is 108 Å². The van der Waals surface area contributed by atoms with E-state index in [0.29, 0.717) is 29.7 Å². The van der Waals surface area contributed by atoms with E-state index in [1.54, 1.807) is 30.3 Å². The van der Waals surface area contributed by atoms with Crippen LogP contribution >= 0.6 is 0 Å². The van der Waals surface area contributed by atoms with Crippen LogP contribution in [0, 0.1) is 11.8 Å². The number of alkyl halides is 3. The number of unbranched alkanes of at least 4 members (excludes halogenated alkanes) is 2. The number of fused-ring (bicyclic) bond motifs is 1. The number of hydrogen-bond acceptors (Lipinski definition) is 7. The summed E-state index contributed by atoms with van der Waals surface area (Å²) < 4.78 is 65.3. The second-order valence-corrected chi connectivity index (χ2v) is 13.6. The predicted molar refractivity (Wildman–Crippen MR) is 177 cm³/mol. The molecule has 2 heterocycles. The van der Waals surface area contributed by atoms with Crippen molar-refractivity contribution in [3.05, 3.63) is 54.2 Å². The number of rotatable bonds is 14. The van der Waals surface area contributed by atoms with E-state index in [1.165, 1.54) is 16.7 Å². The summed E-state index contributed by atoms with van der Waals surface area (Å²) in [6.07, 6.45) is 1.43. The van der Waals surface area contributed by atoms with Crippen LogP contribution in [-0.4, -0.2) is 88.6 Å². The molecule has 1 aromatic heterocycles. The van der Waals surface area contributed by atoms with E-state index in [1.807, 2.05) is 13.1 Å². The lowest BCUT2D eigenvalue weighted by Crippen LogP contribution is -2.44. The Kier molecular flexibility index (Phi) is 12.4. The highest BCUT2D eigenvalue weighted by atomic mass is 32.2. The van der Waals surface area contributed by atoms with Crippen molar-refractivity contribution >= 4 is 38.0 Å². The third kappa shape index (κ3) is 10.7. The van der Waals surface area contributed by atoms with Gasteiger partial charge in [0.1, 0.15) is 6.54 Å². The van der Waals surface area contributed by atoms with Gasteiger partial charge >= 0.3 is 6.18 Å². The van der Waals surface area contributed by atoms with Crippen molar-refractivity contribution in [2.75, 3.05) is 63.2 Å². The van der Waals surface area contributed by atoms with Gasteiger partial charge in [-0.05, 0) is 87.7 Å². The molecular weight excluding hydrogens is 617 g/mol. The summed E-state index contributed by atoms with van der Waals surface area (Å²) in [4.78, 5) is 14.7. The minimum absolute atomic E-state index is 0.0319. The van der Waals surface area contributed by atoms with Gasteiger partial charge < -0.3 is 25.8 Å². The third-order valence-corrected chi connectivity index (χ3v) is 9.03. The molecular formula is C33H43F3N6O3S. The van der Waals surface area contributed by atoms with Gasteiger partial charge in [-0.1, -0.05) is 18.4 Å². The molecule has 0 saturated carbocycles. The molecule has 0 radical (unpaired) electrons. The predicted octanol–water partition coefficient (Wildman–Crippen LogP) is 4.45. The van der Waals surface area contributed by atoms with Crippen LogP contribution in [0.5, 0.6) is 0 Å². The Bertz CT molecular complexity index is 1620. The Labute approximate surface area is 269 Å². The van der Waals surface area contributed by atoms with Crippen molar-refractivity contribution in [3.8, 4) is 11.8 Å². The molecule has 0 bridgehead atoms. The van der Waals surface area contributed by atoms with Gasteiger partial charge in [-0.25, -0.2) is 8.42 Å². The van der Waals surface area contributed by atoms with Crippen molar-refractivity contribution in [2.24, 2.45) is 0 Å². The van der Waals surface area contributed by atoms with Crippen LogP contribution in [0.1, 0.15) is 37.8 Å². The van der Waals surface area contributed by atoms with Crippen LogP contribution in [0.15, 0.2) is 53.4 Å². The van der Waals surface area contributed by atoms with Crippen LogP contribution in [0.25, 0.3) is 10.9 Å². The maximum absolute atomic E-state index is 13.6. The van der Waals surface area contributed by atoms with E-state index in [4.69, 9.17) is 0 Å². The van der Waals surface area contributed by atoms with Crippen molar-refractivity contribution < 1.29 is 26.4 Å². The molecule has 0 aliphatic carbocycles. The molecule has 0 atom stereocenters. The third-order valence-electron chi connectivity index (χ3n) is 7.90. The SMILES string of the molecule is CNCCCCCNC(=O)CN1CCC(Nc2cccc3c2cc(C#CCNc2ccc(S(C)(=O)=O)cc2)n3CC(F)(F)F)CC1. The zero-order valence-electron chi connectivity index (χ0n) is 26.3. The number of likely N-dealkylation sites (tertiary alicyclic amines) is 1. The Morgan fingerprint density at radius 2 is 1.74 bits per heavy atom. The number of piperidine rings is 1. The number of carbonyl (C=O) groups excluding carboxylic acids is 1. The Morgan fingerprint density at radius 3 is 2.41 bits per heavy atom. The summed E-state index contributed by atoms with van der Waals surface area (Å²) in [6.45, 7) is 2.51. The van der Waals surface area contributed by atoms with Gasteiger partial charge in [-0.15, -0.1) is 0 Å². The van der Waals surface area contributed by atoms with E-state index < -0.39 is 22.6 Å². The molecule has 13 heteroatoms. The molecule has 0 spiro atoms. The first-order valence-electron chi connectivity index (χ1n) is 15.5. The number of aromatic nitrogens is 1. The number of carbonyl (C=O) groups is 1. The summed E-state index contributed by atoms with van der Waals surface area (Å²) in [5, 5.41) is 13.4. The van der Waals surface area contributed by atoms with Crippen molar-refractivity contribution in [1.29, 1.82) is 0 Å². The lowest BCUT2D eigenvalue weighted by molar-refractivity contribution is -0.140. The lowest BCUT2D eigenvalue weighted by atomic mass is 10.0. The maximum Gasteiger partial charge on any atom is 0.406 e. The average Bonchev–Trinajstić information content (AvgIpc) is 3.34. The largest absolute Gasteiger partial charge is 0.406 e. The van der Waals surface area contributed by atoms with Gasteiger partial charge in [0.05, 0.1) is 29.2 Å². The fourth-order valence-corrected chi connectivity index (χ4v) is 6.14. The number of halogens is 3. The molecule has 1 saturated heterocycles.